The fourth-order valence-electron chi connectivity index (χ4n) is 3.80. The van der Waals surface area contributed by atoms with Crippen LogP contribution in [-0.4, -0.2) is 46.6 Å². The highest BCUT2D eigenvalue weighted by Crippen LogP contribution is 2.17. The van der Waals surface area contributed by atoms with Crippen LogP contribution in [0.2, 0.25) is 0 Å². The number of pyridine rings is 1. The number of hydrogen-bond acceptors (Lipinski definition) is 5. The van der Waals surface area contributed by atoms with Gasteiger partial charge in [0.2, 0.25) is 5.91 Å². The average Bonchev–Trinajstić information content (AvgIpc) is 3.11. The van der Waals surface area contributed by atoms with Crippen LogP contribution >= 0.6 is 0 Å². The molecule has 0 bridgehead atoms. The second-order valence-corrected chi connectivity index (χ2v) is 7.45. The highest BCUT2D eigenvalue weighted by atomic mass is 16.5. The number of morpholine rings is 1. The fourth-order valence-corrected chi connectivity index (χ4v) is 3.80. The molecule has 1 fully saturated rings. The van der Waals surface area contributed by atoms with E-state index in [1.165, 1.54) is 4.57 Å². The molecule has 0 atom stereocenters. The fraction of sp³-hybridized carbons (Fsp3) is 0.409. The van der Waals surface area contributed by atoms with Crippen LogP contribution in [0.1, 0.15) is 18.2 Å². The van der Waals surface area contributed by atoms with Gasteiger partial charge in [-0.3, -0.25) is 14.3 Å². The number of hydrogen-bond donors (Lipinski definition) is 1. The maximum Gasteiger partial charge on any atom is 0.277 e. The number of rotatable bonds is 6. The molecule has 3 heterocycles. The standard InChI is InChI=1S/C22H27N5O3/c1-3-27-21-19(16(2)24-27)8-9-26(22(21)29)15-20(28)23-14-17-4-6-18(7-5-17)25-10-12-30-13-11-25/h4-9H,3,10-15H2,1-2H3,(H,23,28). The number of fused-ring (bicyclic) bond motifs is 1. The van der Waals surface area contributed by atoms with Crippen LogP contribution in [0, 0.1) is 6.92 Å². The van der Waals surface area contributed by atoms with Gasteiger partial charge in [-0.15, -0.1) is 0 Å². The zero-order valence-electron chi connectivity index (χ0n) is 17.4. The first-order chi connectivity index (χ1) is 14.6. The highest BCUT2D eigenvalue weighted by Gasteiger charge is 2.14. The maximum atomic E-state index is 12.8. The van der Waals surface area contributed by atoms with Gasteiger partial charge in [-0.25, -0.2) is 0 Å². The van der Waals surface area contributed by atoms with Crippen molar-refractivity contribution in [3.63, 3.8) is 0 Å². The number of amides is 1. The molecule has 1 N–H and O–H groups in total. The van der Waals surface area contributed by atoms with Crippen molar-refractivity contribution in [3.8, 4) is 0 Å². The summed E-state index contributed by atoms with van der Waals surface area (Å²) in [6.45, 7) is 8.13. The Labute approximate surface area is 175 Å². The Morgan fingerprint density at radius 2 is 1.90 bits per heavy atom. The second kappa shape index (κ2) is 8.71. The number of aryl methyl sites for hydroxylation is 2. The van der Waals surface area contributed by atoms with Gasteiger partial charge in [0.25, 0.3) is 5.56 Å². The molecule has 1 saturated heterocycles. The smallest absolute Gasteiger partial charge is 0.277 e. The van der Waals surface area contributed by atoms with Crippen LogP contribution in [0.5, 0.6) is 0 Å². The molecule has 0 unspecified atom stereocenters. The number of anilines is 1. The van der Waals surface area contributed by atoms with Crippen molar-refractivity contribution < 1.29 is 9.53 Å². The minimum Gasteiger partial charge on any atom is -0.378 e. The number of nitrogens with one attached hydrogen (secondary N) is 1. The lowest BCUT2D eigenvalue weighted by atomic mass is 10.2. The molecule has 4 rings (SSSR count). The van der Waals surface area contributed by atoms with E-state index in [4.69, 9.17) is 4.74 Å². The molecule has 1 aliphatic heterocycles. The van der Waals surface area contributed by atoms with E-state index < -0.39 is 0 Å². The van der Waals surface area contributed by atoms with Crippen molar-refractivity contribution in [2.24, 2.45) is 0 Å². The predicted octanol–water partition coefficient (Wildman–Crippen LogP) is 1.68. The average molecular weight is 409 g/mol. The zero-order valence-corrected chi connectivity index (χ0v) is 17.4. The lowest BCUT2D eigenvalue weighted by molar-refractivity contribution is -0.121. The van der Waals surface area contributed by atoms with Crippen LogP contribution in [0.4, 0.5) is 5.69 Å². The van der Waals surface area contributed by atoms with Gasteiger partial charge in [0.15, 0.2) is 0 Å². The van der Waals surface area contributed by atoms with Gasteiger partial charge in [0.1, 0.15) is 12.1 Å². The largest absolute Gasteiger partial charge is 0.378 e. The second-order valence-electron chi connectivity index (χ2n) is 7.45. The van der Waals surface area contributed by atoms with Gasteiger partial charge in [-0.05, 0) is 37.6 Å². The van der Waals surface area contributed by atoms with Crippen LogP contribution in [0.15, 0.2) is 41.3 Å². The van der Waals surface area contributed by atoms with Gasteiger partial charge in [0, 0.05) is 43.4 Å². The molecule has 3 aromatic rings. The van der Waals surface area contributed by atoms with Crippen molar-refractivity contribution in [1.29, 1.82) is 0 Å². The zero-order chi connectivity index (χ0) is 21.1. The molecule has 0 aliphatic carbocycles. The molecule has 1 aromatic carbocycles. The third kappa shape index (κ3) is 4.09. The Kier molecular flexibility index (Phi) is 5.85. The summed E-state index contributed by atoms with van der Waals surface area (Å²) in [5.74, 6) is -0.201. The lowest BCUT2D eigenvalue weighted by Gasteiger charge is -2.28. The van der Waals surface area contributed by atoms with E-state index >= 15 is 0 Å². The van der Waals surface area contributed by atoms with E-state index in [2.05, 4.69) is 27.4 Å². The SMILES string of the molecule is CCn1nc(C)c2ccn(CC(=O)NCc3ccc(N4CCOCC4)cc3)c(=O)c21. The molecule has 30 heavy (non-hydrogen) atoms. The first-order valence-corrected chi connectivity index (χ1v) is 10.3. The van der Waals surface area contributed by atoms with E-state index in [1.54, 1.807) is 10.9 Å². The Balaban J connectivity index is 1.39. The highest BCUT2D eigenvalue weighted by molar-refractivity contribution is 5.81. The molecule has 8 nitrogen and oxygen atoms in total. The molecular formula is C22H27N5O3. The summed E-state index contributed by atoms with van der Waals surface area (Å²) in [7, 11) is 0. The number of carbonyl (C=O) groups excluding carboxylic acids is 1. The van der Waals surface area contributed by atoms with E-state index in [9.17, 15) is 9.59 Å². The first-order valence-electron chi connectivity index (χ1n) is 10.3. The number of benzene rings is 1. The normalized spacial score (nSPS) is 14.3. The van der Waals surface area contributed by atoms with Gasteiger partial charge in [0.05, 0.1) is 18.9 Å². The minimum atomic E-state index is -0.201. The van der Waals surface area contributed by atoms with Crippen LogP contribution in [0.25, 0.3) is 10.9 Å². The Morgan fingerprint density at radius 1 is 1.17 bits per heavy atom. The topological polar surface area (TPSA) is 81.4 Å². The van der Waals surface area contributed by atoms with E-state index in [1.807, 2.05) is 32.0 Å². The molecule has 2 aromatic heterocycles. The van der Waals surface area contributed by atoms with Gasteiger partial charge in [-0.1, -0.05) is 12.1 Å². The van der Waals surface area contributed by atoms with Gasteiger partial charge >= 0.3 is 0 Å². The maximum absolute atomic E-state index is 12.8. The molecule has 0 spiro atoms. The summed E-state index contributed by atoms with van der Waals surface area (Å²) in [6, 6.07) is 10.0. The van der Waals surface area contributed by atoms with Gasteiger partial charge in [-0.2, -0.15) is 5.10 Å². The Morgan fingerprint density at radius 3 is 2.60 bits per heavy atom. The van der Waals surface area contributed by atoms with Gasteiger partial charge < -0.3 is 19.5 Å². The summed E-state index contributed by atoms with van der Waals surface area (Å²) in [6.07, 6.45) is 1.66. The number of carbonyl (C=O) groups is 1. The lowest BCUT2D eigenvalue weighted by Crippen LogP contribution is -2.36. The van der Waals surface area contributed by atoms with Crippen molar-refractivity contribution in [2.45, 2.75) is 33.5 Å². The summed E-state index contributed by atoms with van der Waals surface area (Å²) < 4.78 is 8.52. The van der Waals surface area contributed by atoms with Crippen molar-refractivity contribution >= 4 is 22.5 Å². The van der Waals surface area contributed by atoms with Crippen LogP contribution in [-0.2, 0) is 29.2 Å². The van der Waals surface area contributed by atoms with E-state index in [-0.39, 0.29) is 18.0 Å². The van der Waals surface area contributed by atoms with Crippen molar-refractivity contribution in [3.05, 3.63) is 58.1 Å². The Hall–Kier alpha value is -3.13. The molecule has 0 radical (unpaired) electrons. The van der Waals surface area contributed by atoms with E-state index in [0.29, 0.717) is 18.6 Å². The quantitative estimate of drug-likeness (QED) is 0.670. The summed E-state index contributed by atoms with van der Waals surface area (Å²) in [5.41, 5.74) is 3.35. The monoisotopic (exact) mass is 409 g/mol. The summed E-state index contributed by atoms with van der Waals surface area (Å²) >= 11 is 0. The number of nitrogens with zero attached hydrogens (tertiary/aromatic N) is 4. The number of ether oxygens (including phenoxy) is 1. The number of aromatic nitrogens is 3. The van der Waals surface area contributed by atoms with Crippen LogP contribution in [0.3, 0.4) is 0 Å². The van der Waals surface area contributed by atoms with Crippen LogP contribution < -0.4 is 15.8 Å². The third-order valence-corrected chi connectivity index (χ3v) is 5.47. The first kappa shape index (κ1) is 20.2. The third-order valence-electron chi connectivity index (χ3n) is 5.47. The van der Waals surface area contributed by atoms with Crippen molar-refractivity contribution in [2.75, 3.05) is 31.2 Å². The van der Waals surface area contributed by atoms with Crippen molar-refractivity contribution in [1.82, 2.24) is 19.7 Å². The van der Waals surface area contributed by atoms with E-state index in [0.717, 1.165) is 48.6 Å². The molecule has 158 valence electrons. The molecular weight excluding hydrogens is 382 g/mol. The summed E-state index contributed by atoms with van der Waals surface area (Å²) in [5, 5.41) is 8.13. The molecule has 1 amide bonds. The molecule has 0 saturated carbocycles. The molecule has 8 heteroatoms. The Bertz CT molecular complexity index is 1090. The summed E-state index contributed by atoms with van der Waals surface area (Å²) in [4.78, 5) is 27.5. The molecule has 1 aliphatic rings. The minimum absolute atomic E-state index is 0.0193. The predicted molar refractivity (Wildman–Crippen MR) is 116 cm³/mol.